The van der Waals surface area contributed by atoms with Gasteiger partial charge in [0.05, 0.1) is 5.45 Å². The number of thiophene rings is 1. The molecule has 0 saturated heterocycles. The molecule has 0 N–H and O–H groups in total. The van der Waals surface area contributed by atoms with E-state index >= 15 is 0 Å². The monoisotopic (exact) mass is 247 g/mol. The highest BCUT2D eigenvalue weighted by atomic mass is 79.9. The van der Waals surface area contributed by atoms with Crippen molar-refractivity contribution >= 4 is 27.3 Å². The highest BCUT2D eigenvalue weighted by Gasteiger charge is 2.01. The van der Waals surface area contributed by atoms with Crippen LogP contribution in [0.1, 0.15) is 10.4 Å². The molecule has 0 radical (unpaired) electrons. The Hall–Kier alpha value is 0.140. The van der Waals surface area contributed by atoms with Crippen LogP contribution in [0.3, 0.4) is 0 Å². The molecule has 0 unspecified atom stereocenters. The molecule has 12 heavy (non-hydrogen) atoms. The minimum absolute atomic E-state index is 0.956. The Morgan fingerprint density at radius 3 is 2.83 bits per heavy atom. The predicted molar refractivity (Wildman–Crippen MR) is 59.2 cm³/mol. The van der Waals surface area contributed by atoms with Crippen LogP contribution >= 0.6 is 27.3 Å². The zero-order valence-electron chi connectivity index (χ0n) is 7.51. The van der Waals surface area contributed by atoms with Gasteiger partial charge in [-0.1, -0.05) is 15.9 Å². The van der Waals surface area contributed by atoms with Crippen LogP contribution in [0, 0.1) is 6.92 Å². The van der Waals surface area contributed by atoms with Crippen molar-refractivity contribution in [3.05, 3.63) is 21.9 Å². The van der Waals surface area contributed by atoms with Crippen LogP contribution in [0.5, 0.6) is 0 Å². The van der Waals surface area contributed by atoms with Gasteiger partial charge in [-0.25, -0.2) is 0 Å². The summed E-state index contributed by atoms with van der Waals surface area (Å²) < 4.78 is 0. The Kier molecular flexibility index (Phi) is 4.26. The Balaban J connectivity index is 2.38. The molecule has 1 rings (SSSR count). The second-order valence-electron chi connectivity index (χ2n) is 2.98. The van der Waals surface area contributed by atoms with Crippen LogP contribution in [0.25, 0.3) is 0 Å². The summed E-state index contributed by atoms with van der Waals surface area (Å²) in [6.07, 6.45) is 1.17. The lowest BCUT2D eigenvalue weighted by molar-refractivity contribution is 0.402. The fourth-order valence-corrected chi connectivity index (χ4v) is 2.16. The Morgan fingerprint density at radius 2 is 2.33 bits per heavy atom. The van der Waals surface area contributed by atoms with Crippen LogP contribution in [-0.2, 0) is 6.42 Å². The van der Waals surface area contributed by atoms with Gasteiger partial charge in [0.2, 0.25) is 0 Å². The standard InChI is InChI=1S/C9H14BrNS/c1-8-4-6-12-9(8)3-5-11(2)7-10/h4,6H,3,5,7H2,1-2H3. The molecule has 3 heteroatoms. The minimum Gasteiger partial charge on any atom is -0.296 e. The van der Waals surface area contributed by atoms with E-state index in [2.05, 4.69) is 46.2 Å². The Morgan fingerprint density at radius 1 is 1.58 bits per heavy atom. The van der Waals surface area contributed by atoms with E-state index in [1.165, 1.54) is 16.9 Å². The first-order chi connectivity index (χ1) is 5.74. The second-order valence-corrected chi connectivity index (χ2v) is 4.48. The summed E-state index contributed by atoms with van der Waals surface area (Å²) in [5.74, 6) is 0. The van der Waals surface area contributed by atoms with Gasteiger partial charge in [0.25, 0.3) is 0 Å². The number of alkyl halides is 1. The van der Waals surface area contributed by atoms with E-state index in [0.717, 1.165) is 12.0 Å². The first-order valence-electron chi connectivity index (χ1n) is 4.01. The summed E-state index contributed by atoms with van der Waals surface area (Å²) in [5, 5.41) is 2.17. The number of hydrogen-bond donors (Lipinski definition) is 0. The second kappa shape index (κ2) is 5.00. The van der Waals surface area contributed by atoms with E-state index in [9.17, 15) is 0 Å². The summed E-state index contributed by atoms with van der Waals surface area (Å²) in [4.78, 5) is 3.78. The molecule has 1 aromatic rings. The Labute approximate surface area is 86.5 Å². The van der Waals surface area contributed by atoms with E-state index in [-0.39, 0.29) is 0 Å². The van der Waals surface area contributed by atoms with Crippen LogP contribution in [-0.4, -0.2) is 23.9 Å². The van der Waals surface area contributed by atoms with Gasteiger partial charge in [-0.3, -0.25) is 4.90 Å². The lowest BCUT2D eigenvalue weighted by atomic mass is 10.2. The highest BCUT2D eigenvalue weighted by molar-refractivity contribution is 9.09. The molecule has 68 valence electrons. The number of halogens is 1. The number of likely N-dealkylation sites (N-methyl/N-ethyl adjacent to an activating group) is 1. The Bertz CT molecular complexity index is 234. The van der Waals surface area contributed by atoms with E-state index < -0.39 is 0 Å². The van der Waals surface area contributed by atoms with E-state index in [4.69, 9.17) is 0 Å². The molecule has 1 nitrogen and oxygen atoms in total. The van der Waals surface area contributed by atoms with E-state index in [1.807, 2.05) is 11.3 Å². The molecule has 1 aromatic heterocycles. The average molecular weight is 248 g/mol. The van der Waals surface area contributed by atoms with Crippen molar-refractivity contribution in [2.24, 2.45) is 0 Å². The molecule has 0 fully saturated rings. The summed E-state index contributed by atoms with van der Waals surface area (Å²) in [6.45, 7) is 3.31. The smallest absolute Gasteiger partial charge is 0.0539 e. The molecular weight excluding hydrogens is 234 g/mol. The number of hydrogen-bond acceptors (Lipinski definition) is 2. The number of nitrogens with zero attached hydrogens (tertiary/aromatic N) is 1. The van der Waals surface area contributed by atoms with Gasteiger partial charge in [-0.05, 0) is 37.4 Å². The maximum atomic E-state index is 3.43. The SMILES string of the molecule is Cc1ccsc1CCN(C)CBr. The van der Waals surface area contributed by atoms with Gasteiger partial charge in [0, 0.05) is 11.4 Å². The molecule has 0 aliphatic carbocycles. The van der Waals surface area contributed by atoms with Crippen LogP contribution in [0.4, 0.5) is 0 Å². The van der Waals surface area contributed by atoms with Crippen molar-refractivity contribution in [1.82, 2.24) is 4.90 Å². The third-order valence-electron chi connectivity index (χ3n) is 1.89. The topological polar surface area (TPSA) is 3.24 Å². The molecule has 0 aromatic carbocycles. The van der Waals surface area contributed by atoms with E-state index in [1.54, 1.807) is 0 Å². The zero-order chi connectivity index (χ0) is 8.97. The minimum atomic E-state index is 0.956. The molecular formula is C9H14BrNS. The van der Waals surface area contributed by atoms with Gasteiger partial charge in [0.1, 0.15) is 0 Å². The number of aryl methyl sites for hydroxylation is 1. The fourth-order valence-electron chi connectivity index (χ4n) is 1.01. The van der Waals surface area contributed by atoms with Gasteiger partial charge in [-0.2, -0.15) is 0 Å². The maximum Gasteiger partial charge on any atom is 0.0539 e. The number of rotatable bonds is 4. The quantitative estimate of drug-likeness (QED) is 0.585. The zero-order valence-corrected chi connectivity index (χ0v) is 9.91. The summed E-state index contributed by atoms with van der Waals surface area (Å²) in [7, 11) is 2.12. The van der Waals surface area contributed by atoms with Gasteiger partial charge < -0.3 is 0 Å². The lowest BCUT2D eigenvalue weighted by Crippen LogP contribution is -2.18. The van der Waals surface area contributed by atoms with Gasteiger partial charge >= 0.3 is 0 Å². The average Bonchev–Trinajstić information content (AvgIpc) is 2.47. The normalized spacial score (nSPS) is 11.0. The predicted octanol–water partition coefficient (Wildman–Crippen LogP) is 2.88. The van der Waals surface area contributed by atoms with Crippen molar-refractivity contribution in [2.45, 2.75) is 13.3 Å². The molecule has 0 amide bonds. The van der Waals surface area contributed by atoms with Crippen molar-refractivity contribution in [3.63, 3.8) is 0 Å². The first kappa shape index (κ1) is 10.2. The summed E-state index contributed by atoms with van der Waals surface area (Å²) in [6, 6.07) is 2.19. The fraction of sp³-hybridized carbons (Fsp3) is 0.556. The molecule has 0 bridgehead atoms. The molecule has 0 saturated carbocycles. The van der Waals surface area contributed by atoms with Crippen molar-refractivity contribution in [2.75, 3.05) is 19.0 Å². The van der Waals surface area contributed by atoms with Crippen molar-refractivity contribution < 1.29 is 0 Å². The first-order valence-corrected chi connectivity index (χ1v) is 6.01. The summed E-state index contributed by atoms with van der Waals surface area (Å²) in [5.41, 5.74) is 2.39. The van der Waals surface area contributed by atoms with E-state index in [0.29, 0.717) is 0 Å². The third kappa shape index (κ3) is 2.88. The van der Waals surface area contributed by atoms with Gasteiger partial charge in [-0.15, -0.1) is 11.3 Å². The third-order valence-corrected chi connectivity index (χ3v) is 3.83. The van der Waals surface area contributed by atoms with Crippen molar-refractivity contribution in [3.8, 4) is 0 Å². The maximum absolute atomic E-state index is 3.43. The lowest BCUT2D eigenvalue weighted by Gasteiger charge is -2.11. The van der Waals surface area contributed by atoms with Gasteiger partial charge in [0.15, 0.2) is 0 Å². The van der Waals surface area contributed by atoms with Crippen LogP contribution in [0.2, 0.25) is 0 Å². The molecule has 1 heterocycles. The highest BCUT2D eigenvalue weighted by Crippen LogP contribution is 2.16. The molecule has 0 atom stereocenters. The molecule has 0 aliphatic rings. The summed E-state index contributed by atoms with van der Waals surface area (Å²) >= 11 is 5.29. The van der Waals surface area contributed by atoms with Crippen LogP contribution in [0.15, 0.2) is 11.4 Å². The molecule has 0 aliphatic heterocycles. The molecule has 0 spiro atoms. The van der Waals surface area contributed by atoms with Crippen molar-refractivity contribution in [1.29, 1.82) is 0 Å². The largest absolute Gasteiger partial charge is 0.296 e. The van der Waals surface area contributed by atoms with Crippen LogP contribution < -0.4 is 0 Å².